The minimum atomic E-state index is 0.639. The predicted octanol–water partition coefficient (Wildman–Crippen LogP) is 2.18. The van der Waals surface area contributed by atoms with Crippen molar-refractivity contribution in [3.63, 3.8) is 0 Å². The molecule has 2 N–H and O–H groups in total. The molecule has 0 saturated heterocycles. The van der Waals surface area contributed by atoms with E-state index >= 15 is 0 Å². The third-order valence-corrected chi connectivity index (χ3v) is 2.50. The van der Waals surface area contributed by atoms with E-state index in [1.54, 1.807) is 11.8 Å². The Hall–Kier alpha value is -0.470. The maximum absolute atomic E-state index is 5.56. The first-order chi connectivity index (χ1) is 5.27. The Kier molecular flexibility index (Phi) is 2.97. The van der Waals surface area contributed by atoms with E-state index in [1.165, 1.54) is 16.0 Å². The number of nitrogens with two attached hydrogens (primary N) is 1. The zero-order valence-electron chi connectivity index (χ0n) is 6.92. The lowest BCUT2D eigenvalue weighted by Crippen LogP contribution is -1.98. The van der Waals surface area contributed by atoms with Gasteiger partial charge in [0.25, 0.3) is 0 Å². The molecular formula is C9H13NS. The highest BCUT2D eigenvalue weighted by Gasteiger charge is 1.96. The summed E-state index contributed by atoms with van der Waals surface area (Å²) in [5.74, 6) is 0. The van der Waals surface area contributed by atoms with E-state index in [0.717, 1.165) is 0 Å². The summed E-state index contributed by atoms with van der Waals surface area (Å²) in [6.45, 7) is 2.73. The molecule has 0 amide bonds. The standard InChI is InChI=1S/C9H13NS/c1-7-3-4-9(11-2)5-8(7)6-10/h3-5H,6,10H2,1-2H3. The van der Waals surface area contributed by atoms with Crippen LogP contribution in [0.1, 0.15) is 11.1 Å². The van der Waals surface area contributed by atoms with Crippen LogP contribution in [0, 0.1) is 6.92 Å². The molecule has 0 aliphatic rings. The minimum absolute atomic E-state index is 0.639. The topological polar surface area (TPSA) is 26.0 Å². The Balaban J connectivity index is 3.02. The molecule has 11 heavy (non-hydrogen) atoms. The van der Waals surface area contributed by atoms with Gasteiger partial charge in [0.05, 0.1) is 0 Å². The van der Waals surface area contributed by atoms with Crippen LogP contribution in [0.2, 0.25) is 0 Å². The second kappa shape index (κ2) is 3.79. The zero-order valence-corrected chi connectivity index (χ0v) is 7.74. The fourth-order valence-electron chi connectivity index (χ4n) is 0.995. The highest BCUT2D eigenvalue weighted by Crippen LogP contribution is 2.18. The van der Waals surface area contributed by atoms with Gasteiger partial charge < -0.3 is 5.73 Å². The van der Waals surface area contributed by atoms with Crippen molar-refractivity contribution in [2.24, 2.45) is 5.73 Å². The normalized spacial score (nSPS) is 10.1. The molecule has 1 nitrogen and oxygen atoms in total. The molecule has 0 fully saturated rings. The molecule has 0 aliphatic heterocycles. The van der Waals surface area contributed by atoms with Crippen molar-refractivity contribution in [2.45, 2.75) is 18.4 Å². The van der Waals surface area contributed by atoms with Gasteiger partial charge >= 0.3 is 0 Å². The maximum atomic E-state index is 5.56. The Morgan fingerprint density at radius 2 is 2.18 bits per heavy atom. The largest absolute Gasteiger partial charge is 0.326 e. The molecule has 0 atom stereocenters. The molecule has 1 rings (SSSR count). The quantitative estimate of drug-likeness (QED) is 0.683. The van der Waals surface area contributed by atoms with Gasteiger partial charge in [-0.25, -0.2) is 0 Å². The van der Waals surface area contributed by atoms with Gasteiger partial charge in [0.1, 0.15) is 0 Å². The molecule has 0 radical (unpaired) electrons. The average Bonchev–Trinajstić information content (AvgIpc) is 2.05. The van der Waals surface area contributed by atoms with Crippen LogP contribution in [0.15, 0.2) is 23.1 Å². The van der Waals surface area contributed by atoms with Crippen LogP contribution in [0.5, 0.6) is 0 Å². The van der Waals surface area contributed by atoms with Gasteiger partial charge in [0.15, 0.2) is 0 Å². The third kappa shape index (κ3) is 1.98. The van der Waals surface area contributed by atoms with Crippen molar-refractivity contribution in [2.75, 3.05) is 6.26 Å². The van der Waals surface area contributed by atoms with Crippen LogP contribution in [0.4, 0.5) is 0 Å². The van der Waals surface area contributed by atoms with Crippen LogP contribution in [-0.4, -0.2) is 6.26 Å². The molecule has 0 bridgehead atoms. The summed E-state index contributed by atoms with van der Waals surface area (Å²) in [7, 11) is 0. The predicted molar refractivity (Wildman–Crippen MR) is 50.9 cm³/mol. The Labute approximate surface area is 72.0 Å². The lowest BCUT2D eigenvalue weighted by atomic mass is 10.1. The second-order valence-electron chi connectivity index (χ2n) is 2.50. The summed E-state index contributed by atoms with van der Waals surface area (Å²) in [5, 5.41) is 0. The van der Waals surface area contributed by atoms with Crippen LogP contribution in [-0.2, 0) is 6.54 Å². The molecule has 0 heterocycles. The fourth-order valence-corrected chi connectivity index (χ4v) is 1.46. The summed E-state index contributed by atoms with van der Waals surface area (Å²) < 4.78 is 0. The second-order valence-corrected chi connectivity index (χ2v) is 3.38. The van der Waals surface area contributed by atoms with Gasteiger partial charge in [-0.15, -0.1) is 11.8 Å². The summed E-state index contributed by atoms with van der Waals surface area (Å²) in [6.07, 6.45) is 2.07. The lowest BCUT2D eigenvalue weighted by molar-refractivity contribution is 1.04. The third-order valence-electron chi connectivity index (χ3n) is 1.78. The molecule has 60 valence electrons. The van der Waals surface area contributed by atoms with Gasteiger partial charge in [-0.2, -0.15) is 0 Å². The van der Waals surface area contributed by atoms with Crippen molar-refractivity contribution >= 4 is 11.8 Å². The number of thioether (sulfide) groups is 1. The van der Waals surface area contributed by atoms with Crippen LogP contribution in [0.25, 0.3) is 0 Å². The number of rotatable bonds is 2. The van der Waals surface area contributed by atoms with Gasteiger partial charge in [0, 0.05) is 11.4 Å². The van der Waals surface area contributed by atoms with E-state index in [2.05, 4.69) is 31.4 Å². The first-order valence-electron chi connectivity index (χ1n) is 3.61. The molecule has 0 spiro atoms. The van der Waals surface area contributed by atoms with Crippen LogP contribution < -0.4 is 5.73 Å². The average molecular weight is 167 g/mol. The Morgan fingerprint density at radius 1 is 1.45 bits per heavy atom. The van der Waals surface area contributed by atoms with E-state index in [9.17, 15) is 0 Å². The molecule has 1 aromatic carbocycles. The number of aryl methyl sites for hydroxylation is 1. The SMILES string of the molecule is CSc1ccc(C)c(CN)c1. The van der Waals surface area contributed by atoms with Gasteiger partial charge in [0.2, 0.25) is 0 Å². The van der Waals surface area contributed by atoms with E-state index < -0.39 is 0 Å². The van der Waals surface area contributed by atoms with E-state index in [4.69, 9.17) is 5.73 Å². The first kappa shape index (κ1) is 8.62. The molecule has 0 unspecified atom stereocenters. The van der Waals surface area contributed by atoms with Crippen molar-refractivity contribution in [3.05, 3.63) is 29.3 Å². The molecule has 0 aromatic heterocycles. The van der Waals surface area contributed by atoms with Gasteiger partial charge in [-0.05, 0) is 36.4 Å². The summed E-state index contributed by atoms with van der Waals surface area (Å²) in [6, 6.07) is 6.40. The van der Waals surface area contributed by atoms with Crippen LogP contribution >= 0.6 is 11.8 Å². The van der Waals surface area contributed by atoms with Gasteiger partial charge in [-0.3, -0.25) is 0 Å². The number of benzene rings is 1. The molecular weight excluding hydrogens is 154 g/mol. The summed E-state index contributed by atoms with van der Waals surface area (Å²) in [5.41, 5.74) is 8.09. The van der Waals surface area contributed by atoms with Crippen molar-refractivity contribution in [3.8, 4) is 0 Å². The Bertz CT molecular complexity index is 245. The van der Waals surface area contributed by atoms with Crippen LogP contribution in [0.3, 0.4) is 0 Å². The number of hydrogen-bond donors (Lipinski definition) is 1. The number of hydrogen-bond acceptors (Lipinski definition) is 2. The Morgan fingerprint density at radius 3 is 2.73 bits per heavy atom. The van der Waals surface area contributed by atoms with E-state index in [1.807, 2.05) is 0 Å². The highest BCUT2D eigenvalue weighted by atomic mass is 32.2. The zero-order chi connectivity index (χ0) is 8.27. The highest BCUT2D eigenvalue weighted by molar-refractivity contribution is 7.98. The molecule has 0 aliphatic carbocycles. The smallest absolute Gasteiger partial charge is 0.0181 e. The van der Waals surface area contributed by atoms with E-state index in [0.29, 0.717) is 6.54 Å². The fraction of sp³-hybridized carbons (Fsp3) is 0.333. The molecule has 0 saturated carbocycles. The monoisotopic (exact) mass is 167 g/mol. The van der Waals surface area contributed by atoms with Crippen molar-refractivity contribution in [1.82, 2.24) is 0 Å². The lowest BCUT2D eigenvalue weighted by Gasteiger charge is -2.03. The first-order valence-corrected chi connectivity index (χ1v) is 4.84. The van der Waals surface area contributed by atoms with Gasteiger partial charge in [-0.1, -0.05) is 6.07 Å². The molecule has 1 aromatic rings. The summed E-state index contributed by atoms with van der Waals surface area (Å²) in [4.78, 5) is 1.29. The van der Waals surface area contributed by atoms with Crippen molar-refractivity contribution < 1.29 is 0 Å². The minimum Gasteiger partial charge on any atom is -0.326 e. The summed E-state index contributed by atoms with van der Waals surface area (Å²) >= 11 is 1.75. The van der Waals surface area contributed by atoms with E-state index in [-0.39, 0.29) is 0 Å². The maximum Gasteiger partial charge on any atom is 0.0181 e. The molecule has 2 heteroatoms. The van der Waals surface area contributed by atoms with Crippen molar-refractivity contribution in [1.29, 1.82) is 0 Å².